The molecule has 1 fully saturated rings. The zero-order valence-corrected chi connectivity index (χ0v) is 23.1. The highest BCUT2D eigenvalue weighted by Gasteiger charge is 2.14. The first-order valence-electron chi connectivity index (χ1n) is 13.6. The third-order valence-corrected chi connectivity index (χ3v) is 7.15. The molecule has 3 nitrogen and oxygen atoms in total. The van der Waals surface area contributed by atoms with Crippen molar-refractivity contribution >= 4 is 11.3 Å². The van der Waals surface area contributed by atoms with E-state index < -0.39 is 0 Å². The van der Waals surface area contributed by atoms with Crippen molar-refractivity contribution in [1.82, 2.24) is 10.3 Å². The van der Waals surface area contributed by atoms with Crippen LogP contribution in [-0.2, 0) is 6.42 Å². The SMILES string of the molecule is C=C(/C=C\C(=C/C)NC(=C)C(=C)c1cc(-c2cncc(N3CCCCC3)c2)ccc1C)Cc1ccc(F)cc1. The summed E-state index contributed by atoms with van der Waals surface area (Å²) in [5.41, 5.74) is 10.00. The summed E-state index contributed by atoms with van der Waals surface area (Å²) >= 11 is 0. The molecule has 3 aromatic rings. The molecule has 1 saturated heterocycles. The molecule has 2 aromatic carbocycles. The highest BCUT2D eigenvalue weighted by molar-refractivity contribution is 5.81. The molecule has 200 valence electrons. The number of aromatic nitrogens is 1. The molecule has 0 bridgehead atoms. The van der Waals surface area contributed by atoms with Gasteiger partial charge in [-0.1, -0.05) is 61.7 Å². The van der Waals surface area contributed by atoms with Gasteiger partial charge in [-0.2, -0.15) is 0 Å². The molecule has 2 heterocycles. The van der Waals surface area contributed by atoms with Crippen LogP contribution in [0.2, 0.25) is 0 Å². The molecule has 0 radical (unpaired) electrons. The monoisotopic (exact) mass is 519 g/mol. The van der Waals surface area contributed by atoms with Crippen molar-refractivity contribution in [2.45, 2.75) is 39.5 Å². The lowest BCUT2D eigenvalue weighted by Crippen LogP contribution is -2.29. The number of allylic oxidation sites excluding steroid dienone is 5. The predicted molar refractivity (Wildman–Crippen MR) is 164 cm³/mol. The average molecular weight is 520 g/mol. The topological polar surface area (TPSA) is 28.2 Å². The summed E-state index contributed by atoms with van der Waals surface area (Å²) in [5, 5.41) is 3.40. The van der Waals surface area contributed by atoms with Crippen molar-refractivity contribution < 1.29 is 4.39 Å². The van der Waals surface area contributed by atoms with Crippen molar-refractivity contribution in [3.05, 3.63) is 138 Å². The summed E-state index contributed by atoms with van der Waals surface area (Å²) < 4.78 is 13.2. The third kappa shape index (κ3) is 7.44. The summed E-state index contributed by atoms with van der Waals surface area (Å²) in [6, 6.07) is 15.2. The van der Waals surface area contributed by atoms with Crippen LogP contribution in [0.5, 0.6) is 0 Å². The first kappa shape index (κ1) is 27.8. The van der Waals surface area contributed by atoms with Crippen molar-refractivity contribution in [2.24, 2.45) is 0 Å². The summed E-state index contributed by atoms with van der Waals surface area (Å²) in [4.78, 5) is 6.98. The minimum absolute atomic E-state index is 0.234. The molecule has 1 N–H and O–H groups in total. The van der Waals surface area contributed by atoms with Crippen LogP contribution in [0.3, 0.4) is 0 Å². The molecular formula is C35H38FN3. The number of hydrogen-bond donors (Lipinski definition) is 1. The molecule has 0 amide bonds. The molecule has 39 heavy (non-hydrogen) atoms. The normalized spacial score (nSPS) is 13.9. The van der Waals surface area contributed by atoms with Gasteiger partial charge in [0.15, 0.2) is 0 Å². The summed E-state index contributed by atoms with van der Waals surface area (Å²) in [6.45, 7) is 19.0. The smallest absolute Gasteiger partial charge is 0.123 e. The fourth-order valence-electron chi connectivity index (χ4n) is 4.79. The maximum absolute atomic E-state index is 13.2. The van der Waals surface area contributed by atoms with Gasteiger partial charge in [-0.05, 0) is 97.7 Å². The molecule has 1 aliphatic rings. The van der Waals surface area contributed by atoms with Crippen LogP contribution in [0.15, 0.2) is 116 Å². The summed E-state index contributed by atoms with van der Waals surface area (Å²) in [6.07, 6.45) is 14.3. The number of hydrogen-bond acceptors (Lipinski definition) is 3. The summed E-state index contributed by atoms with van der Waals surface area (Å²) in [5.74, 6) is -0.234. The van der Waals surface area contributed by atoms with Gasteiger partial charge in [0.2, 0.25) is 0 Å². The Bertz CT molecular complexity index is 1410. The van der Waals surface area contributed by atoms with Gasteiger partial charge in [0, 0.05) is 36.2 Å². The van der Waals surface area contributed by atoms with E-state index in [0.717, 1.165) is 63.4 Å². The number of benzene rings is 2. The Kier molecular flexibility index (Phi) is 9.32. The van der Waals surface area contributed by atoms with Crippen LogP contribution in [0, 0.1) is 12.7 Å². The van der Waals surface area contributed by atoms with Crippen molar-refractivity contribution in [3.63, 3.8) is 0 Å². The number of anilines is 1. The Morgan fingerprint density at radius 1 is 0.949 bits per heavy atom. The van der Waals surface area contributed by atoms with E-state index >= 15 is 0 Å². The number of nitrogens with zero attached hydrogens (tertiary/aromatic N) is 2. The largest absolute Gasteiger partial charge is 0.370 e. The Morgan fingerprint density at radius 3 is 2.41 bits per heavy atom. The Labute approximate surface area is 232 Å². The first-order chi connectivity index (χ1) is 18.8. The standard InChI is InChI=1S/C35H38FN3/c1-6-33(17-10-25(2)20-29-12-15-32(36)16-13-29)38-28(5)27(4)35-22-30(14-11-26(35)3)31-21-34(24-37-23-31)39-18-8-7-9-19-39/h6,10-17,21-24,38H,2,4-5,7-9,18-20H2,1,3H3/b17-10-,33-6+. The van der Waals surface area contributed by atoms with Gasteiger partial charge in [0.25, 0.3) is 0 Å². The van der Waals surface area contributed by atoms with E-state index in [9.17, 15) is 4.39 Å². The van der Waals surface area contributed by atoms with Crippen LogP contribution in [-0.4, -0.2) is 18.1 Å². The molecule has 4 rings (SSSR count). The third-order valence-electron chi connectivity index (χ3n) is 7.15. The number of piperidine rings is 1. The lowest BCUT2D eigenvalue weighted by molar-refractivity contribution is 0.577. The van der Waals surface area contributed by atoms with Crippen LogP contribution in [0.25, 0.3) is 16.7 Å². The number of aryl methyl sites for hydroxylation is 1. The zero-order chi connectivity index (χ0) is 27.8. The quantitative estimate of drug-likeness (QED) is 0.272. The van der Waals surface area contributed by atoms with Gasteiger partial charge in [-0.15, -0.1) is 0 Å². The van der Waals surface area contributed by atoms with Gasteiger partial charge in [0.1, 0.15) is 5.82 Å². The van der Waals surface area contributed by atoms with Gasteiger partial charge < -0.3 is 10.2 Å². The molecule has 0 unspecified atom stereocenters. The Hall–Kier alpha value is -4.18. The number of rotatable bonds is 10. The van der Waals surface area contributed by atoms with Crippen LogP contribution in [0.4, 0.5) is 10.1 Å². The van der Waals surface area contributed by atoms with E-state index in [-0.39, 0.29) is 5.82 Å². The molecule has 0 atom stereocenters. The maximum atomic E-state index is 13.2. The first-order valence-corrected chi connectivity index (χ1v) is 13.6. The minimum Gasteiger partial charge on any atom is -0.370 e. The fraction of sp³-hybridized carbons (Fsp3) is 0.229. The molecule has 0 spiro atoms. The number of pyridine rings is 1. The number of halogens is 1. The van der Waals surface area contributed by atoms with Crippen molar-refractivity contribution in [1.29, 1.82) is 0 Å². The zero-order valence-electron chi connectivity index (χ0n) is 23.1. The highest BCUT2D eigenvalue weighted by Crippen LogP contribution is 2.30. The van der Waals surface area contributed by atoms with Gasteiger partial charge in [-0.3, -0.25) is 4.98 Å². The Balaban J connectivity index is 1.44. The minimum atomic E-state index is -0.234. The van der Waals surface area contributed by atoms with E-state index in [4.69, 9.17) is 0 Å². The summed E-state index contributed by atoms with van der Waals surface area (Å²) in [7, 11) is 0. The molecule has 1 aliphatic heterocycles. The fourth-order valence-corrected chi connectivity index (χ4v) is 4.79. The van der Waals surface area contributed by atoms with Gasteiger partial charge >= 0.3 is 0 Å². The van der Waals surface area contributed by atoms with E-state index in [0.29, 0.717) is 6.42 Å². The molecule has 4 heteroatoms. The average Bonchev–Trinajstić information content (AvgIpc) is 2.96. The van der Waals surface area contributed by atoms with E-state index in [1.54, 1.807) is 12.1 Å². The second kappa shape index (κ2) is 13.1. The van der Waals surface area contributed by atoms with Crippen LogP contribution < -0.4 is 10.2 Å². The van der Waals surface area contributed by atoms with E-state index in [1.165, 1.54) is 37.1 Å². The van der Waals surface area contributed by atoms with Gasteiger partial charge in [0.05, 0.1) is 11.9 Å². The maximum Gasteiger partial charge on any atom is 0.123 e. The highest BCUT2D eigenvalue weighted by atomic mass is 19.1. The van der Waals surface area contributed by atoms with Crippen LogP contribution in [0.1, 0.15) is 42.9 Å². The lowest BCUT2D eigenvalue weighted by Gasteiger charge is -2.28. The predicted octanol–water partition coefficient (Wildman–Crippen LogP) is 8.56. The van der Waals surface area contributed by atoms with Crippen molar-refractivity contribution in [2.75, 3.05) is 18.0 Å². The second-order valence-electron chi connectivity index (χ2n) is 10.1. The Morgan fingerprint density at radius 2 is 1.69 bits per heavy atom. The second-order valence-corrected chi connectivity index (χ2v) is 10.1. The van der Waals surface area contributed by atoms with E-state index in [2.05, 4.69) is 66.1 Å². The van der Waals surface area contributed by atoms with Crippen LogP contribution >= 0.6 is 0 Å². The molecule has 1 aromatic heterocycles. The van der Waals surface area contributed by atoms with E-state index in [1.807, 2.05) is 37.5 Å². The molecule has 0 aliphatic carbocycles. The molecular weight excluding hydrogens is 481 g/mol. The van der Waals surface area contributed by atoms with Crippen molar-refractivity contribution in [3.8, 4) is 11.1 Å². The van der Waals surface area contributed by atoms with Gasteiger partial charge in [-0.25, -0.2) is 4.39 Å². The lowest BCUT2D eigenvalue weighted by atomic mass is 9.95. The molecule has 0 saturated carbocycles. The number of nitrogens with one attached hydrogen (secondary N) is 1.